The highest BCUT2D eigenvalue weighted by Gasteiger charge is 2.06. The summed E-state index contributed by atoms with van der Waals surface area (Å²) in [4.78, 5) is 19.5. The summed E-state index contributed by atoms with van der Waals surface area (Å²) in [6, 6.07) is 14.0. The number of fused-ring (bicyclic) bond motifs is 1. The van der Waals surface area contributed by atoms with Crippen LogP contribution in [0.25, 0.3) is 10.9 Å². The standard InChI is InChI=1S/C21H24FN5O/c1-2-23-21(26-14-20(28)27-17-6-4-3-5-7-17)24-11-10-15-13-25-19-9-8-16(22)12-18(15)19/h3-9,12-13,25H,2,10-11,14H2,1H3,(H,27,28)(H2,23,24,26). The molecule has 0 unspecified atom stereocenters. The van der Waals surface area contributed by atoms with Gasteiger partial charge in [-0.05, 0) is 49.2 Å². The van der Waals surface area contributed by atoms with E-state index in [1.807, 2.05) is 43.5 Å². The van der Waals surface area contributed by atoms with E-state index in [0.717, 1.165) is 22.2 Å². The van der Waals surface area contributed by atoms with Crippen molar-refractivity contribution in [3.63, 3.8) is 0 Å². The van der Waals surface area contributed by atoms with E-state index in [4.69, 9.17) is 0 Å². The fraction of sp³-hybridized carbons (Fsp3) is 0.238. The van der Waals surface area contributed by atoms with Crippen molar-refractivity contribution in [3.05, 3.63) is 66.1 Å². The summed E-state index contributed by atoms with van der Waals surface area (Å²) in [5.74, 6) is 0.132. The molecule has 0 aliphatic carbocycles. The number of rotatable bonds is 7. The highest BCUT2D eigenvalue weighted by Crippen LogP contribution is 2.19. The van der Waals surface area contributed by atoms with Gasteiger partial charge in [0.15, 0.2) is 5.96 Å². The number of aromatic nitrogens is 1. The molecular formula is C21H24FN5O. The maximum atomic E-state index is 13.5. The molecule has 0 saturated heterocycles. The van der Waals surface area contributed by atoms with Gasteiger partial charge in [-0.15, -0.1) is 0 Å². The normalized spacial score (nSPS) is 11.4. The summed E-state index contributed by atoms with van der Waals surface area (Å²) in [6.45, 7) is 3.27. The Balaban J connectivity index is 1.54. The number of H-pyrrole nitrogens is 1. The van der Waals surface area contributed by atoms with Crippen LogP contribution in [0.15, 0.2) is 59.7 Å². The molecule has 0 atom stereocenters. The molecule has 0 spiro atoms. The van der Waals surface area contributed by atoms with Crippen molar-refractivity contribution in [1.29, 1.82) is 0 Å². The Morgan fingerprint density at radius 2 is 1.96 bits per heavy atom. The molecule has 0 fully saturated rings. The number of carbonyl (C=O) groups excluding carboxylic acids is 1. The summed E-state index contributed by atoms with van der Waals surface area (Å²) in [5, 5.41) is 10.0. The number of carbonyl (C=O) groups is 1. The van der Waals surface area contributed by atoms with Crippen LogP contribution >= 0.6 is 0 Å². The highest BCUT2D eigenvalue weighted by atomic mass is 19.1. The average molecular weight is 381 g/mol. The second kappa shape index (κ2) is 9.55. The topological polar surface area (TPSA) is 81.3 Å². The van der Waals surface area contributed by atoms with Crippen LogP contribution in [0.1, 0.15) is 12.5 Å². The molecule has 0 aliphatic rings. The van der Waals surface area contributed by atoms with Crippen LogP contribution in [0.2, 0.25) is 0 Å². The highest BCUT2D eigenvalue weighted by molar-refractivity contribution is 5.94. The zero-order chi connectivity index (χ0) is 19.8. The van der Waals surface area contributed by atoms with E-state index in [2.05, 4.69) is 25.9 Å². The third-order valence-electron chi connectivity index (χ3n) is 4.20. The first-order chi connectivity index (χ1) is 13.7. The molecule has 3 rings (SSSR count). The SMILES string of the molecule is CCNC(=NCC(=O)Nc1ccccc1)NCCc1c[nH]c2ccc(F)cc12. The molecule has 7 heteroatoms. The number of hydrogen-bond acceptors (Lipinski definition) is 2. The van der Waals surface area contributed by atoms with Crippen LogP contribution < -0.4 is 16.0 Å². The lowest BCUT2D eigenvalue weighted by Gasteiger charge is -2.11. The van der Waals surface area contributed by atoms with E-state index in [1.165, 1.54) is 12.1 Å². The Morgan fingerprint density at radius 3 is 2.75 bits per heavy atom. The predicted octanol–water partition coefficient (Wildman–Crippen LogP) is 3.04. The molecule has 4 N–H and O–H groups in total. The van der Waals surface area contributed by atoms with Crippen LogP contribution in [0, 0.1) is 5.82 Å². The number of guanidine groups is 1. The Labute approximate surface area is 163 Å². The van der Waals surface area contributed by atoms with E-state index >= 15 is 0 Å². The fourth-order valence-corrected chi connectivity index (χ4v) is 2.89. The van der Waals surface area contributed by atoms with Crippen molar-refractivity contribution < 1.29 is 9.18 Å². The second-order valence-corrected chi connectivity index (χ2v) is 6.29. The number of aliphatic imine (C=N–C) groups is 1. The molecule has 0 saturated carbocycles. The van der Waals surface area contributed by atoms with Gasteiger partial charge >= 0.3 is 0 Å². The Morgan fingerprint density at radius 1 is 1.14 bits per heavy atom. The molecule has 3 aromatic rings. The molecule has 146 valence electrons. The van der Waals surface area contributed by atoms with Gasteiger partial charge < -0.3 is 20.9 Å². The molecular weight excluding hydrogens is 357 g/mol. The van der Waals surface area contributed by atoms with Crippen molar-refractivity contribution >= 4 is 28.5 Å². The molecule has 1 heterocycles. The zero-order valence-corrected chi connectivity index (χ0v) is 15.8. The molecule has 2 aromatic carbocycles. The van der Waals surface area contributed by atoms with Crippen molar-refractivity contribution in [1.82, 2.24) is 15.6 Å². The first-order valence-corrected chi connectivity index (χ1v) is 9.28. The fourth-order valence-electron chi connectivity index (χ4n) is 2.89. The van der Waals surface area contributed by atoms with E-state index in [-0.39, 0.29) is 18.3 Å². The smallest absolute Gasteiger partial charge is 0.246 e. The van der Waals surface area contributed by atoms with Crippen LogP contribution in [-0.2, 0) is 11.2 Å². The number of amides is 1. The van der Waals surface area contributed by atoms with Crippen LogP contribution in [0.3, 0.4) is 0 Å². The van der Waals surface area contributed by atoms with Crippen molar-refractivity contribution in [2.24, 2.45) is 4.99 Å². The molecule has 0 bridgehead atoms. The molecule has 0 radical (unpaired) electrons. The number of halogens is 1. The zero-order valence-electron chi connectivity index (χ0n) is 15.8. The van der Waals surface area contributed by atoms with Crippen molar-refractivity contribution in [2.75, 3.05) is 25.0 Å². The van der Waals surface area contributed by atoms with Gasteiger partial charge in [0.25, 0.3) is 0 Å². The first kappa shape index (κ1) is 19.4. The summed E-state index contributed by atoms with van der Waals surface area (Å²) in [5.41, 5.74) is 2.68. The lowest BCUT2D eigenvalue weighted by atomic mass is 10.1. The average Bonchev–Trinajstić information content (AvgIpc) is 3.09. The molecule has 1 aromatic heterocycles. The number of nitrogens with one attached hydrogen (secondary N) is 4. The monoisotopic (exact) mass is 381 g/mol. The van der Waals surface area contributed by atoms with Gasteiger partial charge in [-0.2, -0.15) is 0 Å². The number of hydrogen-bond donors (Lipinski definition) is 4. The third-order valence-corrected chi connectivity index (χ3v) is 4.20. The Hall–Kier alpha value is -3.35. The minimum atomic E-state index is -0.249. The lowest BCUT2D eigenvalue weighted by molar-refractivity contribution is -0.114. The molecule has 1 amide bonds. The van der Waals surface area contributed by atoms with Gasteiger partial charge in [0.2, 0.25) is 5.91 Å². The number of anilines is 1. The van der Waals surface area contributed by atoms with E-state index in [1.54, 1.807) is 6.07 Å². The number of aromatic amines is 1. The van der Waals surface area contributed by atoms with E-state index in [0.29, 0.717) is 25.5 Å². The minimum Gasteiger partial charge on any atom is -0.361 e. The van der Waals surface area contributed by atoms with E-state index < -0.39 is 0 Å². The minimum absolute atomic E-state index is 0.0164. The third kappa shape index (κ3) is 5.33. The van der Waals surface area contributed by atoms with Gasteiger partial charge in [-0.25, -0.2) is 9.38 Å². The largest absolute Gasteiger partial charge is 0.361 e. The van der Waals surface area contributed by atoms with Crippen LogP contribution in [0.5, 0.6) is 0 Å². The van der Waals surface area contributed by atoms with Crippen molar-refractivity contribution in [3.8, 4) is 0 Å². The van der Waals surface area contributed by atoms with Gasteiger partial charge in [-0.3, -0.25) is 4.79 Å². The number of nitrogens with zero attached hydrogens (tertiary/aromatic N) is 1. The van der Waals surface area contributed by atoms with Crippen LogP contribution in [0.4, 0.5) is 10.1 Å². The maximum Gasteiger partial charge on any atom is 0.246 e. The molecule has 0 aliphatic heterocycles. The summed E-state index contributed by atoms with van der Waals surface area (Å²) in [7, 11) is 0. The van der Waals surface area contributed by atoms with E-state index in [9.17, 15) is 9.18 Å². The lowest BCUT2D eigenvalue weighted by Crippen LogP contribution is -2.39. The molecule has 6 nitrogen and oxygen atoms in total. The Kier molecular flexibility index (Phi) is 6.62. The first-order valence-electron chi connectivity index (χ1n) is 9.28. The van der Waals surface area contributed by atoms with Gasteiger partial charge in [-0.1, -0.05) is 18.2 Å². The maximum absolute atomic E-state index is 13.5. The number of para-hydroxylation sites is 1. The molecule has 28 heavy (non-hydrogen) atoms. The number of benzene rings is 2. The quantitative estimate of drug-likeness (QED) is 0.375. The Bertz CT molecular complexity index is 952. The summed E-state index contributed by atoms with van der Waals surface area (Å²) >= 11 is 0. The summed E-state index contributed by atoms with van der Waals surface area (Å²) in [6.07, 6.45) is 2.59. The predicted molar refractivity (Wildman–Crippen MR) is 111 cm³/mol. The van der Waals surface area contributed by atoms with Gasteiger partial charge in [0.05, 0.1) is 0 Å². The van der Waals surface area contributed by atoms with Gasteiger partial charge in [0.1, 0.15) is 12.4 Å². The van der Waals surface area contributed by atoms with Crippen molar-refractivity contribution in [2.45, 2.75) is 13.3 Å². The summed E-state index contributed by atoms with van der Waals surface area (Å²) < 4.78 is 13.5. The van der Waals surface area contributed by atoms with Gasteiger partial charge in [0, 0.05) is 35.9 Å². The second-order valence-electron chi connectivity index (χ2n) is 6.29. The van der Waals surface area contributed by atoms with Crippen LogP contribution in [-0.4, -0.2) is 36.5 Å².